The first kappa shape index (κ1) is 22.4. The first-order valence-corrected chi connectivity index (χ1v) is 13.3. The van der Waals surface area contributed by atoms with Crippen LogP contribution in [0.2, 0.25) is 0 Å². The number of aromatic nitrogens is 3. The zero-order valence-electron chi connectivity index (χ0n) is 18.3. The number of anilines is 1. The van der Waals surface area contributed by atoms with Gasteiger partial charge in [0.2, 0.25) is 9.84 Å². The average molecular weight is 494 g/mol. The lowest BCUT2D eigenvalue weighted by Crippen LogP contribution is -2.30. The summed E-state index contributed by atoms with van der Waals surface area (Å²) >= 11 is 1.37. The molecule has 0 radical (unpaired) electrons. The van der Waals surface area contributed by atoms with E-state index in [4.69, 9.17) is 0 Å². The van der Waals surface area contributed by atoms with Crippen LogP contribution in [0.5, 0.6) is 0 Å². The van der Waals surface area contributed by atoms with Gasteiger partial charge in [0.1, 0.15) is 5.82 Å². The van der Waals surface area contributed by atoms with Gasteiger partial charge in [0.05, 0.1) is 31.6 Å². The number of amides is 1. The van der Waals surface area contributed by atoms with E-state index >= 15 is 0 Å². The minimum absolute atomic E-state index is 0.0899. The molecule has 5 heterocycles. The van der Waals surface area contributed by atoms with Gasteiger partial charge in [0.15, 0.2) is 0 Å². The van der Waals surface area contributed by atoms with Gasteiger partial charge >= 0.3 is 0 Å². The number of rotatable bonds is 6. The predicted molar refractivity (Wildman–Crippen MR) is 131 cm³/mol. The molecular formula is C24H23N5O3S2. The summed E-state index contributed by atoms with van der Waals surface area (Å²) in [7, 11) is -3.73. The zero-order valence-corrected chi connectivity index (χ0v) is 20.0. The summed E-state index contributed by atoms with van der Waals surface area (Å²) in [6.07, 6.45) is 9.63. The molecule has 1 fully saturated rings. The lowest BCUT2D eigenvalue weighted by Gasteiger charge is -2.27. The Hall–Kier alpha value is -3.37. The highest BCUT2D eigenvalue weighted by Crippen LogP contribution is 2.25. The molecule has 8 nitrogen and oxygen atoms in total. The summed E-state index contributed by atoms with van der Waals surface area (Å²) in [6, 6.07) is 10.2. The summed E-state index contributed by atoms with van der Waals surface area (Å²) in [5.41, 5.74) is 0.564. The van der Waals surface area contributed by atoms with Crippen molar-refractivity contribution in [2.45, 2.75) is 35.6 Å². The van der Waals surface area contributed by atoms with E-state index in [2.05, 4.69) is 25.2 Å². The number of hydrogen-bond donors (Lipinski definition) is 1. The van der Waals surface area contributed by atoms with E-state index < -0.39 is 9.84 Å². The minimum Gasteiger partial charge on any atom is -0.357 e. The monoisotopic (exact) mass is 493 g/mol. The van der Waals surface area contributed by atoms with Crippen molar-refractivity contribution >= 4 is 43.0 Å². The molecule has 10 heteroatoms. The summed E-state index contributed by atoms with van der Waals surface area (Å²) in [5, 5.41) is 3.80. The lowest BCUT2D eigenvalue weighted by molar-refractivity contribution is 0.0954. The third kappa shape index (κ3) is 4.64. The molecule has 0 aromatic carbocycles. The molecule has 4 aromatic rings. The molecule has 0 unspecified atom stereocenters. The van der Waals surface area contributed by atoms with Gasteiger partial charge in [-0.05, 0) is 61.0 Å². The van der Waals surface area contributed by atoms with E-state index in [0.29, 0.717) is 10.6 Å². The van der Waals surface area contributed by atoms with E-state index in [1.54, 1.807) is 30.6 Å². The number of sulfone groups is 1. The fourth-order valence-corrected chi connectivity index (χ4v) is 6.00. The molecule has 1 N–H and O–H groups in total. The second-order valence-corrected chi connectivity index (χ2v) is 11.1. The first-order valence-electron chi connectivity index (χ1n) is 11.0. The molecule has 0 spiro atoms. The van der Waals surface area contributed by atoms with Gasteiger partial charge in [-0.2, -0.15) is 0 Å². The molecule has 0 bridgehead atoms. The molecule has 5 rings (SSSR count). The topological polar surface area (TPSA) is 105 Å². The highest BCUT2D eigenvalue weighted by molar-refractivity contribution is 7.91. The van der Waals surface area contributed by atoms with Gasteiger partial charge in [-0.15, -0.1) is 11.3 Å². The number of piperidine rings is 1. The molecule has 0 saturated carbocycles. The molecule has 1 amide bonds. The second-order valence-electron chi connectivity index (χ2n) is 8.10. The van der Waals surface area contributed by atoms with Crippen LogP contribution < -0.4 is 10.2 Å². The van der Waals surface area contributed by atoms with Gasteiger partial charge in [0.25, 0.3) is 5.91 Å². The van der Waals surface area contributed by atoms with Crippen LogP contribution in [0.1, 0.15) is 34.6 Å². The Kier molecular flexibility index (Phi) is 6.25. The molecule has 0 aliphatic carbocycles. The van der Waals surface area contributed by atoms with Crippen LogP contribution in [0.15, 0.2) is 71.0 Å². The Morgan fingerprint density at radius 2 is 1.74 bits per heavy atom. The highest BCUT2D eigenvalue weighted by atomic mass is 32.2. The summed E-state index contributed by atoms with van der Waals surface area (Å²) in [6.45, 7) is 2.08. The first-order chi connectivity index (χ1) is 16.5. The second kappa shape index (κ2) is 9.47. The van der Waals surface area contributed by atoms with E-state index in [0.717, 1.165) is 41.8 Å². The van der Waals surface area contributed by atoms with E-state index in [-0.39, 0.29) is 22.2 Å². The molecule has 0 atom stereocenters. The van der Waals surface area contributed by atoms with Crippen molar-refractivity contribution in [1.82, 2.24) is 20.3 Å². The van der Waals surface area contributed by atoms with Gasteiger partial charge in [-0.25, -0.2) is 13.4 Å². The Morgan fingerprint density at radius 1 is 0.971 bits per heavy atom. The Morgan fingerprint density at radius 3 is 2.41 bits per heavy atom. The van der Waals surface area contributed by atoms with Crippen LogP contribution in [0.25, 0.3) is 10.1 Å². The Bertz CT molecular complexity index is 1380. The number of nitrogens with one attached hydrogen (secondary N) is 1. The van der Waals surface area contributed by atoms with Crippen molar-refractivity contribution in [3.8, 4) is 0 Å². The average Bonchev–Trinajstić information content (AvgIpc) is 3.33. The number of carbonyl (C=O) groups is 1. The fraction of sp³-hybridized carbons (Fsp3) is 0.250. The van der Waals surface area contributed by atoms with E-state index in [1.807, 2.05) is 12.1 Å². The van der Waals surface area contributed by atoms with Crippen LogP contribution in [-0.4, -0.2) is 42.4 Å². The van der Waals surface area contributed by atoms with Crippen molar-refractivity contribution < 1.29 is 13.2 Å². The number of thiophene rings is 1. The van der Waals surface area contributed by atoms with Crippen LogP contribution in [0.3, 0.4) is 0 Å². The van der Waals surface area contributed by atoms with Crippen LogP contribution >= 0.6 is 11.3 Å². The van der Waals surface area contributed by atoms with Crippen LogP contribution in [0.4, 0.5) is 5.82 Å². The van der Waals surface area contributed by atoms with Crippen LogP contribution in [0, 0.1) is 0 Å². The third-order valence-electron chi connectivity index (χ3n) is 5.80. The van der Waals surface area contributed by atoms with Crippen molar-refractivity contribution in [3.63, 3.8) is 0 Å². The quantitative estimate of drug-likeness (QED) is 0.435. The molecule has 1 aliphatic heterocycles. The maximum atomic E-state index is 13.0. The number of nitrogens with zero attached hydrogens (tertiary/aromatic N) is 4. The number of hydrogen-bond acceptors (Lipinski definition) is 8. The maximum Gasteiger partial charge on any atom is 0.261 e. The molecule has 1 saturated heterocycles. The largest absolute Gasteiger partial charge is 0.357 e. The standard InChI is InChI=1S/C24H23N5O3S2/c30-24(21-12-17-8-9-25-16-22(17)33-21)28-13-18-4-5-19(14-26-18)34(31,32)20-6-7-23(27-15-20)29-10-2-1-3-11-29/h4-9,12,14-16H,1-3,10-11,13H2,(H,28,30). The highest BCUT2D eigenvalue weighted by Gasteiger charge is 2.20. The summed E-state index contributed by atoms with van der Waals surface area (Å²) in [4.78, 5) is 28.2. The maximum absolute atomic E-state index is 13.0. The van der Waals surface area contributed by atoms with Gasteiger partial charge in [-0.1, -0.05) is 0 Å². The van der Waals surface area contributed by atoms with Crippen molar-refractivity contribution in [3.05, 3.63) is 71.8 Å². The van der Waals surface area contributed by atoms with E-state index in [1.165, 1.54) is 36.2 Å². The molecule has 174 valence electrons. The minimum atomic E-state index is -3.73. The SMILES string of the molecule is O=C(NCc1ccc(S(=O)(=O)c2ccc(N3CCCCC3)nc2)cn1)c1cc2ccncc2s1. The molecule has 34 heavy (non-hydrogen) atoms. The van der Waals surface area contributed by atoms with Gasteiger partial charge < -0.3 is 10.2 Å². The Labute approximate surface area is 201 Å². The summed E-state index contributed by atoms with van der Waals surface area (Å²) < 4.78 is 26.9. The number of pyridine rings is 3. The Balaban J connectivity index is 1.24. The predicted octanol–water partition coefficient (Wildman–Crippen LogP) is 3.84. The number of fused-ring (bicyclic) bond motifs is 1. The van der Waals surface area contributed by atoms with Gasteiger partial charge in [0, 0.05) is 37.9 Å². The van der Waals surface area contributed by atoms with E-state index in [9.17, 15) is 13.2 Å². The van der Waals surface area contributed by atoms with Crippen molar-refractivity contribution in [1.29, 1.82) is 0 Å². The third-order valence-corrected chi connectivity index (χ3v) is 8.60. The smallest absolute Gasteiger partial charge is 0.261 e. The summed E-state index contributed by atoms with van der Waals surface area (Å²) in [5.74, 6) is 0.595. The van der Waals surface area contributed by atoms with Gasteiger partial charge in [-0.3, -0.25) is 14.8 Å². The van der Waals surface area contributed by atoms with Crippen LogP contribution in [-0.2, 0) is 16.4 Å². The number of carbonyl (C=O) groups excluding carboxylic acids is 1. The normalized spacial score (nSPS) is 14.3. The molecular weight excluding hydrogens is 470 g/mol. The van der Waals surface area contributed by atoms with Crippen molar-refractivity contribution in [2.24, 2.45) is 0 Å². The molecule has 1 aliphatic rings. The van der Waals surface area contributed by atoms with Crippen molar-refractivity contribution in [2.75, 3.05) is 18.0 Å². The molecule has 4 aromatic heterocycles. The lowest BCUT2D eigenvalue weighted by atomic mass is 10.1. The fourth-order valence-electron chi connectivity index (χ4n) is 3.91. The zero-order chi connectivity index (χ0) is 23.5.